The lowest BCUT2D eigenvalue weighted by atomic mass is 9.96. The summed E-state index contributed by atoms with van der Waals surface area (Å²) in [6, 6.07) is 13.9. The van der Waals surface area contributed by atoms with Crippen LogP contribution in [0.15, 0.2) is 48.5 Å². The molecule has 156 valence electrons. The number of aliphatic hydroxyl groups is 4. The van der Waals surface area contributed by atoms with E-state index in [0.29, 0.717) is 22.4 Å². The number of benzene rings is 2. The summed E-state index contributed by atoms with van der Waals surface area (Å²) in [5.41, 5.74) is 1.96. The number of aliphatic hydroxyl groups excluding tert-OH is 4. The van der Waals surface area contributed by atoms with Gasteiger partial charge in [0.25, 0.3) is 0 Å². The number of hydrogen-bond acceptors (Lipinski definition) is 7. The summed E-state index contributed by atoms with van der Waals surface area (Å²) in [6.45, 7) is 1.04. The van der Waals surface area contributed by atoms with Gasteiger partial charge >= 0.3 is 5.97 Å². The van der Waals surface area contributed by atoms with E-state index in [-0.39, 0.29) is 0 Å². The van der Waals surface area contributed by atoms with Crippen molar-refractivity contribution in [1.29, 1.82) is 0 Å². The van der Waals surface area contributed by atoms with Crippen LogP contribution in [0.1, 0.15) is 18.4 Å². The fourth-order valence-corrected chi connectivity index (χ4v) is 3.22. The maximum absolute atomic E-state index is 11.3. The lowest BCUT2D eigenvalue weighted by Gasteiger charge is -2.39. The predicted molar refractivity (Wildman–Crippen MR) is 102 cm³/mol. The Hall–Kier alpha value is -2.49. The number of rotatable bonds is 6. The topological polar surface area (TPSA) is 137 Å². The Morgan fingerprint density at radius 3 is 2.48 bits per heavy atom. The number of para-hydroxylation sites is 1. The van der Waals surface area contributed by atoms with E-state index in [4.69, 9.17) is 9.47 Å². The summed E-state index contributed by atoms with van der Waals surface area (Å²) >= 11 is 0. The zero-order valence-corrected chi connectivity index (χ0v) is 15.8. The van der Waals surface area contributed by atoms with Crippen molar-refractivity contribution in [2.45, 2.75) is 43.5 Å². The molecule has 0 bridgehead atoms. The Morgan fingerprint density at radius 1 is 1.07 bits per heavy atom. The van der Waals surface area contributed by atoms with Crippen LogP contribution >= 0.6 is 0 Å². The van der Waals surface area contributed by atoms with Crippen molar-refractivity contribution in [3.8, 4) is 16.9 Å². The first-order valence-corrected chi connectivity index (χ1v) is 9.22. The van der Waals surface area contributed by atoms with E-state index < -0.39 is 49.2 Å². The third-order valence-corrected chi connectivity index (χ3v) is 5.05. The van der Waals surface area contributed by atoms with Crippen LogP contribution in [0.25, 0.3) is 11.1 Å². The van der Waals surface area contributed by atoms with Gasteiger partial charge in [-0.3, -0.25) is 4.79 Å². The number of hydrogen-bond donors (Lipinski definition) is 5. The van der Waals surface area contributed by atoms with E-state index in [9.17, 15) is 30.3 Å². The molecule has 0 aliphatic carbocycles. The molecule has 8 nitrogen and oxygen atoms in total. The first kappa shape index (κ1) is 21.2. The van der Waals surface area contributed by atoms with Crippen LogP contribution in [-0.2, 0) is 9.53 Å². The smallest absolute Gasteiger partial charge is 0.310 e. The Labute approximate surface area is 167 Å². The summed E-state index contributed by atoms with van der Waals surface area (Å²) in [5.74, 6) is -1.29. The van der Waals surface area contributed by atoms with Crippen molar-refractivity contribution in [2.24, 2.45) is 0 Å². The number of carbonyl (C=O) groups is 1. The Morgan fingerprint density at radius 2 is 1.79 bits per heavy atom. The summed E-state index contributed by atoms with van der Waals surface area (Å²) in [5, 5.41) is 48.7. The van der Waals surface area contributed by atoms with Crippen molar-refractivity contribution < 1.29 is 39.8 Å². The Balaban J connectivity index is 1.90. The van der Waals surface area contributed by atoms with Gasteiger partial charge in [-0.15, -0.1) is 0 Å². The molecular weight excluding hydrogens is 380 g/mol. The zero-order valence-electron chi connectivity index (χ0n) is 15.8. The minimum atomic E-state index is -1.54. The van der Waals surface area contributed by atoms with Gasteiger partial charge in [-0.05, 0) is 24.1 Å². The fraction of sp³-hybridized carbons (Fsp3) is 0.381. The maximum Gasteiger partial charge on any atom is 0.310 e. The number of carboxylic acids is 1. The summed E-state index contributed by atoms with van der Waals surface area (Å²) < 4.78 is 11.2. The SMILES string of the molecule is CC(C(=O)O)c1cccc(-c2ccccc2O[C@H]2O[C@H](CO)[C@@H](O)[C@H](O)[C@@H]2O)c1. The van der Waals surface area contributed by atoms with Crippen LogP contribution in [0.5, 0.6) is 5.75 Å². The van der Waals surface area contributed by atoms with Gasteiger partial charge in [0, 0.05) is 5.56 Å². The van der Waals surface area contributed by atoms with Crippen molar-refractivity contribution in [2.75, 3.05) is 6.61 Å². The van der Waals surface area contributed by atoms with Gasteiger partial charge in [-0.1, -0.05) is 42.5 Å². The van der Waals surface area contributed by atoms with Gasteiger partial charge in [-0.25, -0.2) is 0 Å². The molecule has 0 radical (unpaired) electrons. The van der Waals surface area contributed by atoms with Crippen LogP contribution in [0, 0.1) is 0 Å². The molecule has 0 amide bonds. The molecule has 3 rings (SSSR count). The maximum atomic E-state index is 11.3. The Kier molecular flexibility index (Phi) is 6.51. The second-order valence-corrected chi connectivity index (χ2v) is 7.00. The molecule has 1 heterocycles. The van der Waals surface area contributed by atoms with Crippen molar-refractivity contribution in [3.05, 3.63) is 54.1 Å². The summed E-state index contributed by atoms with van der Waals surface area (Å²) in [6.07, 6.45) is -6.94. The molecule has 6 atom stereocenters. The van der Waals surface area contributed by atoms with E-state index >= 15 is 0 Å². The van der Waals surface area contributed by atoms with Crippen LogP contribution in [-0.4, -0.2) is 68.8 Å². The lowest BCUT2D eigenvalue weighted by Crippen LogP contribution is -2.60. The zero-order chi connectivity index (χ0) is 21.1. The number of carboxylic acid groups (broad SMARTS) is 1. The average molecular weight is 404 g/mol. The van der Waals surface area contributed by atoms with Crippen LogP contribution in [0.2, 0.25) is 0 Å². The van der Waals surface area contributed by atoms with Gasteiger partial charge in [0.05, 0.1) is 12.5 Å². The van der Waals surface area contributed by atoms with E-state index in [1.807, 2.05) is 0 Å². The molecule has 1 aliphatic rings. The molecule has 1 aliphatic heterocycles. The van der Waals surface area contributed by atoms with Crippen LogP contribution < -0.4 is 4.74 Å². The Bertz CT molecular complexity index is 852. The molecule has 1 saturated heterocycles. The second kappa shape index (κ2) is 8.89. The lowest BCUT2D eigenvalue weighted by molar-refractivity contribution is -0.277. The van der Waals surface area contributed by atoms with Crippen molar-refractivity contribution >= 4 is 5.97 Å². The van der Waals surface area contributed by atoms with E-state index in [2.05, 4.69) is 0 Å². The average Bonchev–Trinajstić information content (AvgIpc) is 2.74. The predicted octanol–water partition coefficient (Wildman–Crippen LogP) is 0.720. The van der Waals surface area contributed by atoms with Crippen molar-refractivity contribution in [3.63, 3.8) is 0 Å². The third kappa shape index (κ3) is 4.42. The highest BCUT2D eigenvalue weighted by Crippen LogP contribution is 2.34. The molecule has 5 N–H and O–H groups in total. The molecule has 29 heavy (non-hydrogen) atoms. The van der Waals surface area contributed by atoms with Gasteiger partial charge < -0.3 is 35.0 Å². The highest BCUT2D eigenvalue weighted by Gasteiger charge is 2.44. The molecule has 1 unspecified atom stereocenters. The molecule has 0 saturated carbocycles. The number of aliphatic carboxylic acids is 1. The molecule has 0 aromatic heterocycles. The fourth-order valence-electron chi connectivity index (χ4n) is 3.22. The highest BCUT2D eigenvalue weighted by molar-refractivity contribution is 5.77. The first-order chi connectivity index (χ1) is 13.8. The summed E-state index contributed by atoms with van der Waals surface area (Å²) in [7, 11) is 0. The normalized spacial score (nSPS) is 28.0. The number of ether oxygens (including phenoxy) is 2. The largest absolute Gasteiger partial charge is 0.481 e. The molecular formula is C21H24O8. The highest BCUT2D eigenvalue weighted by atomic mass is 16.7. The third-order valence-electron chi connectivity index (χ3n) is 5.05. The van der Waals surface area contributed by atoms with E-state index in [1.165, 1.54) is 0 Å². The van der Waals surface area contributed by atoms with Gasteiger partial charge in [0.1, 0.15) is 30.2 Å². The molecule has 0 spiro atoms. The molecule has 2 aromatic carbocycles. The van der Waals surface area contributed by atoms with E-state index in [1.54, 1.807) is 55.5 Å². The second-order valence-electron chi connectivity index (χ2n) is 7.00. The van der Waals surface area contributed by atoms with E-state index in [0.717, 1.165) is 0 Å². The van der Waals surface area contributed by atoms with Crippen LogP contribution in [0.3, 0.4) is 0 Å². The van der Waals surface area contributed by atoms with Crippen molar-refractivity contribution in [1.82, 2.24) is 0 Å². The quantitative estimate of drug-likeness (QED) is 0.475. The standard InChI is InChI=1S/C21H24O8/c1-11(20(26)27)12-5-4-6-13(9-12)14-7-2-3-8-15(14)28-21-19(25)18(24)17(23)16(10-22)29-21/h2-9,11,16-19,21-25H,10H2,1H3,(H,26,27)/t11?,16-,17-,18+,19+,21+/m1/s1. The molecule has 1 fully saturated rings. The minimum absolute atomic E-state index is 0.331. The van der Waals surface area contributed by atoms with Gasteiger partial charge in [-0.2, -0.15) is 0 Å². The minimum Gasteiger partial charge on any atom is -0.481 e. The molecule has 2 aromatic rings. The van der Waals surface area contributed by atoms with Gasteiger partial charge in [0.2, 0.25) is 6.29 Å². The summed E-state index contributed by atoms with van der Waals surface area (Å²) in [4.78, 5) is 11.3. The first-order valence-electron chi connectivity index (χ1n) is 9.22. The van der Waals surface area contributed by atoms with Crippen LogP contribution in [0.4, 0.5) is 0 Å². The monoisotopic (exact) mass is 404 g/mol. The van der Waals surface area contributed by atoms with Gasteiger partial charge in [0.15, 0.2) is 0 Å². The molecule has 8 heteroatoms.